The number of hydrazone groups is 1. The first-order chi connectivity index (χ1) is 12.2. The smallest absolute Gasteiger partial charge is 0.244 e. The molecule has 0 radical (unpaired) electrons. The van der Waals surface area contributed by atoms with Crippen molar-refractivity contribution in [2.75, 3.05) is 14.2 Å². The van der Waals surface area contributed by atoms with Crippen LogP contribution in [0.15, 0.2) is 53.8 Å². The first-order valence-corrected chi connectivity index (χ1v) is 7.80. The van der Waals surface area contributed by atoms with Crippen LogP contribution in [0.2, 0.25) is 0 Å². The van der Waals surface area contributed by atoms with Crippen LogP contribution in [0, 0.1) is 0 Å². The lowest BCUT2D eigenvalue weighted by Crippen LogP contribution is -2.19. The molecule has 0 unspecified atom stereocenters. The summed E-state index contributed by atoms with van der Waals surface area (Å²) in [6, 6.07) is 13.2. The van der Waals surface area contributed by atoms with Crippen LogP contribution < -0.4 is 14.9 Å². The molecule has 25 heavy (non-hydrogen) atoms. The van der Waals surface area contributed by atoms with E-state index in [0.29, 0.717) is 11.5 Å². The number of methoxy groups -OCH3 is 2. The molecule has 1 heterocycles. The first kappa shape index (κ1) is 16.6. The van der Waals surface area contributed by atoms with Gasteiger partial charge in [-0.3, -0.25) is 4.79 Å². The number of hydrogen-bond acceptors (Lipinski definition) is 4. The number of H-pyrrole nitrogens is 1. The molecule has 6 nitrogen and oxygen atoms in total. The van der Waals surface area contributed by atoms with Crippen LogP contribution in [0.4, 0.5) is 0 Å². The Hall–Kier alpha value is -3.28. The van der Waals surface area contributed by atoms with Gasteiger partial charge in [0.25, 0.3) is 0 Å². The summed E-state index contributed by atoms with van der Waals surface area (Å²) in [6.45, 7) is 0. The lowest BCUT2D eigenvalue weighted by molar-refractivity contribution is -0.120. The van der Waals surface area contributed by atoms with Gasteiger partial charge in [0, 0.05) is 28.7 Å². The van der Waals surface area contributed by atoms with Gasteiger partial charge in [0.15, 0.2) is 0 Å². The minimum absolute atomic E-state index is 0.187. The predicted octanol–water partition coefficient (Wildman–Crippen LogP) is 2.88. The summed E-state index contributed by atoms with van der Waals surface area (Å²) in [5.41, 5.74) is 5.24. The molecule has 0 saturated carbocycles. The standard InChI is InChI=1S/C19H19N3O3/c1-24-15-8-7-13(18(10-15)25-2)12-21-22-19(23)9-14-11-20-17-6-4-3-5-16(14)17/h3-8,10-12,20H,9H2,1-2H3,(H,22,23). The Morgan fingerprint density at radius 3 is 2.84 bits per heavy atom. The van der Waals surface area contributed by atoms with Crippen molar-refractivity contribution in [1.82, 2.24) is 10.4 Å². The summed E-state index contributed by atoms with van der Waals surface area (Å²) >= 11 is 0. The summed E-state index contributed by atoms with van der Waals surface area (Å²) in [5, 5.41) is 5.05. The molecule has 3 rings (SSSR count). The van der Waals surface area contributed by atoms with Crippen LogP contribution in [0.3, 0.4) is 0 Å². The molecular weight excluding hydrogens is 318 g/mol. The largest absolute Gasteiger partial charge is 0.497 e. The van der Waals surface area contributed by atoms with Crippen LogP contribution in [0.1, 0.15) is 11.1 Å². The highest BCUT2D eigenvalue weighted by molar-refractivity contribution is 5.90. The maximum Gasteiger partial charge on any atom is 0.244 e. The molecule has 0 spiro atoms. The van der Waals surface area contributed by atoms with Crippen LogP contribution in [0.25, 0.3) is 10.9 Å². The van der Waals surface area contributed by atoms with E-state index < -0.39 is 0 Å². The summed E-state index contributed by atoms with van der Waals surface area (Å²) in [6.07, 6.45) is 3.65. The SMILES string of the molecule is COc1ccc(C=NNC(=O)Cc2c[nH]c3ccccc23)c(OC)c1. The number of carbonyl (C=O) groups is 1. The van der Waals surface area contributed by atoms with Gasteiger partial charge < -0.3 is 14.5 Å². The third-order valence-corrected chi connectivity index (χ3v) is 3.86. The number of ether oxygens (including phenoxy) is 2. The van der Waals surface area contributed by atoms with Gasteiger partial charge in [-0.05, 0) is 23.8 Å². The lowest BCUT2D eigenvalue weighted by Gasteiger charge is -2.06. The number of para-hydroxylation sites is 1. The molecule has 0 aliphatic heterocycles. The average Bonchev–Trinajstić information content (AvgIpc) is 3.05. The van der Waals surface area contributed by atoms with Crippen LogP contribution >= 0.6 is 0 Å². The minimum atomic E-state index is -0.187. The van der Waals surface area contributed by atoms with E-state index in [0.717, 1.165) is 22.0 Å². The van der Waals surface area contributed by atoms with Gasteiger partial charge in [0.05, 0.1) is 26.9 Å². The fourth-order valence-corrected chi connectivity index (χ4v) is 2.59. The number of aromatic nitrogens is 1. The fraction of sp³-hybridized carbons (Fsp3) is 0.158. The Labute approximate surface area is 145 Å². The molecule has 128 valence electrons. The summed E-state index contributed by atoms with van der Waals surface area (Å²) < 4.78 is 10.4. The number of fused-ring (bicyclic) bond motifs is 1. The third kappa shape index (κ3) is 3.80. The minimum Gasteiger partial charge on any atom is -0.497 e. The van der Waals surface area contributed by atoms with Crippen molar-refractivity contribution in [3.63, 3.8) is 0 Å². The average molecular weight is 337 g/mol. The lowest BCUT2D eigenvalue weighted by atomic mass is 10.1. The van der Waals surface area contributed by atoms with E-state index >= 15 is 0 Å². The van der Waals surface area contributed by atoms with Gasteiger partial charge in [0.2, 0.25) is 5.91 Å². The van der Waals surface area contributed by atoms with Gasteiger partial charge in [0.1, 0.15) is 11.5 Å². The summed E-state index contributed by atoms with van der Waals surface area (Å²) in [7, 11) is 3.16. The number of rotatable bonds is 6. The number of nitrogens with zero attached hydrogens (tertiary/aromatic N) is 1. The van der Waals surface area contributed by atoms with Crippen molar-refractivity contribution in [1.29, 1.82) is 0 Å². The number of aromatic amines is 1. The van der Waals surface area contributed by atoms with Gasteiger partial charge in [-0.1, -0.05) is 18.2 Å². The zero-order chi connectivity index (χ0) is 17.6. The highest BCUT2D eigenvalue weighted by Gasteiger charge is 2.08. The highest BCUT2D eigenvalue weighted by Crippen LogP contribution is 2.23. The molecule has 0 aliphatic carbocycles. The van der Waals surface area contributed by atoms with E-state index in [9.17, 15) is 4.79 Å². The molecule has 0 saturated heterocycles. The number of amides is 1. The molecular formula is C19H19N3O3. The quantitative estimate of drug-likeness (QED) is 0.536. The van der Waals surface area contributed by atoms with E-state index in [4.69, 9.17) is 9.47 Å². The van der Waals surface area contributed by atoms with Crippen LogP contribution in [-0.4, -0.2) is 31.3 Å². The molecule has 1 amide bonds. The van der Waals surface area contributed by atoms with E-state index in [-0.39, 0.29) is 12.3 Å². The molecule has 0 bridgehead atoms. The fourth-order valence-electron chi connectivity index (χ4n) is 2.59. The number of nitrogens with one attached hydrogen (secondary N) is 2. The Morgan fingerprint density at radius 2 is 2.04 bits per heavy atom. The Bertz CT molecular complexity index is 915. The van der Waals surface area contributed by atoms with E-state index in [2.05, 4.69) is 15.5 Å². The molecule has 3 aromatic rings. The molecule has 1 aromatic heterocycles. The monoisotopic (exact) mass is 337 g/mol. The van der Waals surface area contributed by atoms with Crippen molar-refractivity contribution in [2.24, 2.45) is 5.10 Å². The van der Waals surface area contributed by atoms with Crippen molar-refractivity contribution in [2.45, 2.75) is 6.42 Å². The summed E-state index contributed by atoms with van der Waals surface area (Å²) in [5.74, 6) is 1.12. The van der Waals surface area contributed by atoms with Crippen molar-refractivity contribution in [3.8, 4) is 11.5 Å². The first-order valence-electron chi connectivity index (χ1n) is 7.80. The molecule has 0 aliphatic rings. The van der Waals surface area contributed by atoms with Gasteiger partial charge in [-0.2, -0.15) is 5.10 Å². The van der Waals surface area contributed by atoms with Gasteiger partial charge in [-0.15, -0.1) is 0 Å². The second-order valence-electron chi connectivity index (χ2n) is 5.44. The Morgan fingerprint density at radius 1 is 1.20 bits per heavy atom. The highest BCUT2D eigenvalue weighted by atomic mass is 16.5. The second kappa shape index (κ2) is 7.53. The van der Waals surface area contributed by atoms with E-state index in [1.54, 1.807) is 32.6 Å². The zero-order valence-electron chi connectivity index (χ0n) is 14.1. The van der Waals surface area contributed by atoms with Crippen molar-refractivity contribution >= 4 is 23.0 Å². The molecule has 0 fully saturated rings. The van der Waals surface area contributed by atoms with Crippen molar-refractivity contribution < 1.29 is 14.3 Å². The number of hydrogen-bond donors (Lipinski definition) is 2. The van der Waals surface area contributed by atoms with Crippen molar-refractivity contribution in [3.05, 3.63) is 59.8 Å². The molecule has 0 atom stereocenters. The van der Waals surface area contributed by atoms with Gasteiger partial charge >= 0.3 is 0 Å². The second-order valence-corrected chi connectivity index (χ2v) is 5.44. The molecule has 6 heteroatoms. The maximum absolute atomic E-state index is 12.1. The van der Waals surface area contributed by atoms with E-state index in [1.165, 1.54) is 0 Å². The Kier molecular flexibility index (Phi) is 4.99. The Balaban J connectivity index is 1.65. The summed E-state index contributed by atoms with van der Waals surface area (Å²) in [4.78, 5) is 15.3. The molecule has 2 aromatic carbocycles. The predicted molar refractivity (Wildman–Crippen MR) is 97.3 cm³/mol. The topological polar surface area (TPSA) is 75.7 Å². The maximum atomic E-state index is 12.1. The van der Waals surface area contributed by atoms with E-state index in [1.807, 2.05) is 36.5 Å². The van der Waals surface area contributed by atoms with Gasteiger partial charge in [-0.25, -0.2) is 5.43 Å². The normalized spacial score (nSPS) is 11.0. The third-order valence-electron chi connectivity index (χ3n) is 3.86. The number of benzene rings is 2. The van der Waals surface area contributed by atoms with Crippen LogP contribution in [0.5, 0.6) is 11.5 Å². The van der Waals surface area contributed by atoms with Crippen LogP contribution in [-0.2, 0) is 11.2 Å². The molecule has 2 N–H and O–H groups in total. The zero-order valence-corrected chi connectivity index (χ0v) is 14.1. The number of carbonyl (C=O) groups excluding carboxylic acids is 1.